The average molecular weight is 413 g/mol. The molecule has 160 valence electrons. The quantitative estimate of drug-likeness (QED) is 0.391. The number of nitrogens with one attached hydrogen (secondary N) is 1. The second-order valence-corrected chi connectivity index (χ2v) is 11.2. The zero-order valence-corrected chi connectivity index (χ0v) is 17.4. The Morgan fingerprint density at radius 1 is 1.07 bits per heavy atom. The summed E-state index contributed by atoms with van der Waals surface area (Å²) in [5.41, 5.74) is 0. The fourth-order valence-electron chi connectivity index (χ4n) is 3.44. The Morgan fingerprint density at radius 3 is 2.04 bits per heavy atom. The number of hydrogen-bond acceptors (Lipinski definition) is 5. The van der Waals surface area contributed by atoms with Crippen molar-refractivity contribution in [1.29, 1.82) is 5.26 Å². The molecule has 0 aliphatic rings. The van der Waals surface area contributed by atoms with E-state index >= 15 is 0 Å². The number of alkyl halides is 3. The van der Waals surface area contributed by atoms with Crippen molar-refractivity contribution in [1.82, 2.24) is 9.99 Å². The standard InChI is InChI=1S/C17H31F3N3O3P/c1-14(2)23(15(3)4)27(25,26,13-9-10-21)12-8-6-5-7-11-22-16(24)17(18,19)20/h14-15H,5-9,11-13H2,1-4H3,(H,22,24)/q-2. The van der Waals surface area contributed by atoms with Crippen molar-refractivity contribution in [2.75, 3.05) is 18.9 Å². The Morgan fingerprint density at radius 2 is 1.59 bits per heavy atom. The first-order valence-corrected chi connectivity index (χ1v) is 11.6. The molecule has 27 heavy (non-hydrogen) atoms. The van der Waals surface area contributed by atoms with Crippen LogP contribution in [0.1, 0.15) is 59.8 Å². The maximum absolute atomic E-state index is 13.5. The van der Waals surface area contributed by atoms with Gasteiger partial charge in [-0.25, -0.2) is 0 Å². The molecule has 0 bridgehead atoms. The van der Waals surface area contributed by atoms with Crippen molar-refractivity contribution >= 4 is 13.1 Å². The Labute approximate surface area is 159 Å². The van der Waals surface area contributed by atoms with E-state index in [4.69, 9.17) is 5.26 Å². The van der Waals surface area contributed by atoms with Crippen LogP contribution in [0, 0.1) is 11.3 Å². The zero-order chi connectivity index (χ0) is 21.3. The fraction of sp³-hybridized carbons (Fsp3) is 0.882. The molecule has 10 heteroatoms. The average Bonchev–Trinajstić information content (AvgIpc) is 2.50. The molecule has 0 spiro atoms. The van der Waals surface area contributed by atoms with E-state index in [0.29, 0.717) is 25.7 Å². The zero-order valence-electron chi connectivity index (χ0n) is 16.5. The van der Waals surface area contributed by atoms with Crippen molar-refractivity contribution in [2.45, 2.75) is 78.1 Å². The molecule has 1 N–H and O–H groups in total. The van der Waals surface area contributed by atoms with E-state index in [1.165, 1.54) is 4.67 Å². The summed E-state index contributed by atoms with van der Waals surface area (Å²) >= 11 is 0. The third kappa shape index (κ3) is 8.73. The topological polar surface area (TPSA) is 102 Å². The van der Waals surface area contributed by atoms with Crippen molar-refractivity contribution in [3.8, 4) is 6.07 Å². The van der Waals surface area contributed by atoms with Crippen LogP contribution in [-0.2, 0) is 4.79 Å². The number of hydrogen-bond donors (Lipinski definition) is 1. The van der Waals surface area contributed by atoms with Gasteiger partial charge in [0.15, 0.2) is 0 Å². The monoisotopic (exact) mass is 413 g/mol. The Kier molecular flexibility index (Phi) is 10.2. The normalized spacial score (nSPS) is 14.3. The van der Waals surface area contributed by atoms with Crippen LogP contribution < -0.4 is 15.1 Å². The van der Waals surface area contributed by atoms with Gasteiger partial charge in [-0.05, 0) is 0 Å². The molecule has 1 amide bonds. The number of halogens is 3. The molecule has 0 aliphatic carbocycles. The van der Waals surface area contributed by atoms with Gasteiger partial charge in [-0.2, -0.15) is 0 Å². The van der Waals surface area contributed by atoms with Crippen LogP contribution in [0.3, 0.4) is 0 Å². The fourth-order valence-corrected chi connectivity index (χ4v) is 7.58. The van der Waals surface area contributed by atoms with Gasteiger partial charge in [-0.15, -0.1) is 0 Å². The molecule has 0 aromatic rings. The Balaban J connectivity index is 4.64. The molecule has 0 radical (unpaired) electrons. The van der Waals surface area contributed by atoms with Crippen LogP contribution in [0.2, 0.25) is 0 Å². The number of nitriles is 1. The van der Waals surface area contributed by atoms with Crippen LogP contribution in [0.4, 0.5) is 13.2 Å². The predicted octanol–water partition coefficient (Wildman–Crippen LogP) is 2.28. The van der Waals surface area contributed by atoms with Crippen molar-refractivity contribution in [3.05, 3.63) is 0 Å². The van der Waals surface area contributed by atoms with Gasteiger partial charge in [0.1, 0.15) is 0 Å². The van der Waals surface area contributed by atoms with E-state index in [-0.39, 0.29) is 37.4 Å². The summed E-state index contributed by atoms with van der Waals surface area (Å²) in [6.45, 7) is 7.09. The first-order chi connectivity index (χ1) is 12.2. The molecule has 0 fully saturated rings. The number of rotatable bonds is 12. The number of amides is 1. The Bertz CT molecular complexity index is 512. The molecule has 0 saturated carbocycles. The summed E-state index contributed by atoms with van der Waals surface area (Å²) in [5.74, 6) is -1.97. The van der Waals surface area contributed by atoms with Gasteiger partial charge in [0.25, 0.3) is 0 Å². The molecule has 0 aromatic carbocycles. The molecule has 0 rings (SSSR count). The summed E-state index contributed by atoms with van der Waals surface area (Å²) < 4.78 is 37.7. The number of carbonyl (C=O) groups excluding carboxylic acids is 1. The summed E-state index contributed by atoms with van der Waals surface area (Å²) in [5, 5.41) is 10.6. The summed E-state index contributed by atoms with van der Waals surface area (Å²) in [7, 11) is -4.73. The second kappa shape index (κ2) is 10.6. The van der Waals surface area contributed by atoms with Crippen LogP contribution in [0.25, 0.3) is 0 Å². The summed E-state index contributed by atoms with van der Waals surface area (Å²) in [6, 6.07) is 1.44. The van der Waals surface area contributed by atoms with E-state index in [9.17, 15) is 27.8 Å². The van der Waals surface area contributed by atoms with Crippen LogP contribution in [0.15, 0.2) is 0 Å². The molecule has 6 nitrogen and oxygen atoms in total. The van der Waals surface area contributed by atoms with Gasteiger partial charge in [0.05, 0.1) is 0 Å². The van der Waals surface area contributed by atoms with E-state index in [0.717, 1.165) is 0 Å². The second-order valence-electron chi connectivity index (χ2n) is 7.35. The third-order valence-electron chi connectivity index (χ3n) is 4.31. The molecular weight excluding hydrogens is 382 g/mol. The van der Waals surface area contributed by atoms with Gasteiger partial charge in [0, 0.05) is 0 Å². The van der Waals surface area contributed by atoms with E-state index in [1.807, 2.05) is 6.07 Å². The number of carbonyl (C=O) groups is 1. The molecule has 0 unspecified atom stereocenters. The predicted molar refractivity (Wildman–Crippen MR) is 96.5 cm³/mol. The van der Waals surface area contributed by atoms with Gasteiger partial charge in [0.2, 0.25) is 0 Å². The van der Waals surface area contributed by atoms with Crippen molar-refractivity contribution in [2.24, 2.45) is 0 Å². The minimum absolute atomic E-state index is 0.0709. The molecule has 0 saturated heterocycles. The first-order valence-electron chi connectivity index (χ1n) is 9.23. The molecule has 0 atom stereocenters. The van der Waals surface area contributed by atoms with Gasteiger partial charge < -0.3 is 0 Å². The molecular formula is C17H31F3N3O3P-2. The first kappa shape index (κ1) is 26.1. The van der Waals surface area contributed by atoms with Crippen molar-refractivity contribution in [3.63, 3.8) is 0 Å². The summed E-state index contributed by atoms with van der Waals surface area (Å²) in [4.78, 5) is 37.6. The Hall–Kier alpha value is -0.940. The molecule has 0 aromatic heterocycles. The number of nitrogens with zero attached hydrogens (tertiary/aromatic N) is 2. The maximum atomic E-state index is 13.5. The van der Waals surface area contributed by atoms with E-state index in [1.54, 1.807) is 33.0 Å². The summed E-state index contributed by atoms with van der Waals surface area (Å²) in [6.07, 6.45) is -3.53. The SMILES string of the molecule is CC(C)N(C(C)C)P([O-])([O-])(CCC#N)CCCCCCNC(=O)C(F)(F)F. The molecule has 0 heterocycles. The van der Waals surface area contributed by atoms with Gasteiger partial charge >= 0.3 is 159 Å². The van der Waals surface area contributed by atoms with Gasteiger partial charge in [-0.3, -0.25) is 0 Å². The van der Waals surface area contributed by atoms with Gasteiger partial charge in [-0.1, -0.05) is 0 Å². The van der Waals surface area contributed by atoms with E-state index in [2.05, 4.69) is 0 Å². The van der Waals surface area contributed by atoms with Crippen molar-refractivity contribution < 1.29 is 27.8 Å². The van der Waals surface area contributed by atoms with Crippen LogP contribution in [-0.4, -0.2) is 47.7 Å². The van der Waals surface area contributed by atoms with E-state index < -0.39 is 19.3 Å². The van der Waals surface area contributed by atoms with Crippen LogP contribution >= 0.6 is 7.21 Å². The number of unbranched alkanes of at least 4 members (excludes halogenated alkanes) is 3. The van der Waals surface area contributed by atoms with Crippen LogP contribution in [0.5, 0.6) is 0 Å². The minimum atomic E-state index is -4.89. The molecule has 0 aliphatic heterocycles. The third-order valence-corrected chi connectivity index (χ3v) is 8.56.